The molecular formula is C25H37NO2. The Morgan fingerprint density at radius 2 is 1.61 bits per heavy atom. The summed E-state index contributed by atoms with van der Waals surface area (Å²) in [6, 6.07) is 11.5. The van der Waals surface area contributed by atoms with Crippen molar-refractivity contribution in [2.45, 2.75) is 90.3 Å². The van der Waals surface area contributed by atoms with E-state index in [1.807, 2.05) is 0 Å². The first-order valence-electron chi connectivity index (χ1n) is 11.4. The lowest BCUT2D eigenvalue weighted by Crippen LogP contribution is -2.27. The average molecular weight is 384 g/mol. The van der Waals surface area contributed by atoms with E-state index in [0.29, 0.717) is 11.8 Å². The highest BCUT2D eigenvalue weighted by atomic mass is 16.7. The van der Waals surface area contributed by atoms with Gasteiger partial charge in [-0.2, -0.15) is 5.26 Å². The number of unbranched alkanes of at least 4 members (excludes halogenated alkanes) is 2. The Morgan fingerprint density at radius 1 is 0.964 bits per heavy atom. The van der Waals surface area contributed by atoms with Crippen molar-refractivity contribution < 1.29 is 9.47 Å². The predicted molar refractivity (Wildman–Crippen MR) is 113 cm³/mol. The summed E-state index contributed by atoms with van der Waals surface area (Å²) in [5, 5.41) is 9.75. The van der Waals surface area contributed by atoms with Crippen LogP contribution in [0.1, 0.15) is 101 Å². The first-order valence-corrected chi connectivity index (χ1v) is 11.4. The van der Waals surface area contributed by atoms with Gasteiger partial charge in [-0.3, -0.25) is 0 Å². The molecule has 0 unspecified atom stereocenters. The van der Waals surface area contributed by atoms with Crippen molar-refractivity contribution in [1.82, 2.24) is 0 Å². The van der Waals surface area contributed by atoms with Crippen LogP contribution in [0.5, 0.6) is 0 Å². The molecule has 0 amide bonds. The average Bonchev–Trinajstić information content (AvgIpc) is 2.75. The molecule has 1 saturated heterocycles. The molecule has 0 aromatic heterocycles. The Kier molecular flexibility index (Phi) is 7.94. The second-order valence-electron chi connectivity index (χ2n) is 8.94. The largest absolute Gasteiger partial charge is 0.348 e. The van der Waals surface area contributed by atoms with Gasteiger partial charge >= 0.3 is 0 Å². The summed E-state index contributed by atoms with van der Waals surface area (Å²) in [7, 11) is 0. The molecule has 3 heteroatoms. The molecule has 0 spiro atoms. The SMILES string of the molecule is CCCCCC1(C#N)CCC(c2ccc(C3OCC(CCC)CO3)cc2)CC1. The van der Waals surface area contributed by atoms with Crippen LogP contribution < -0.4 is 0 Å². The van der Waals surface area contributed by atoms with E-state index >= 15 is 0 Å². The highest BCUT2D eigenvalue weighted by Gasteiger charge is 2.35. The van der Waals surface area contributed by atoms with Crippen LogP contribution >= 0.6 is 0 Å². The summed E-state index contributed by atoms with van der Waals surface area (Å²) in [4.78, 5) is 0. The molecule has 2 aliphatic rings. The fraction of sp³-hybridized carbons (Fsp3) is 0.720. The lowest BCUT2D eigenvalue weighted by molar-refractivity contribution is -0.206. The van der Waals surface area contributed by atoms with E-state index in [4.69, 9.17) is 9.47 Å². The molecule has 1 aliphatic carbocycles. The summed E-state index contributed by atoms with van der Waals surface area (Å²) < 4.78 is 11.9. The van der Waals surface area contributed by atoms with E-state index in [0.717, 1.165) is 50.9 Å². The molecule has 3 rings (SSSR count). The van der Waals surface area contributed by atoms with E-state index < -0.39 is 0 Å². The van der Waals surface area contributed by atoms with Crippen LogP contribution in [0.25, 0.3) is 0 Å². The van der Waals surface area contributed by atoms with Crippen LogP contribution in [0, 0.1) is 22.7 Å². The Bertz CT molecular complexity index is 617. The van der Waals surface area contributed by atoms with E-state index in [-0.39, 0.29) is 11.7 Å². The van der Waals surface area contributed by atoms with E-state index in [9.17, 15) is 5.26 Å². The van der Waals surface area contributed by atoms with Gasteiger partial charge in [0, 0.05) is 11.5 Å². The normalized spacial score (nSPS) is 30.7. The zero-order valence-corrected chi connectivity index (χ0v) is 17.8. The molecule has 154 valence electrons. The molecule has 1 aromatic carbocycles. The molecule has 0 atom stereocenters. The summed E-state index contributed by atoms with van der Waals surface area (Å²) in [5.74, 6) is 1.13. The van der Waals surface area contributed by atoms with Crippen LogP contribution in [-0.4, -0.2) is 13.2 Å². The molecule has 0 N–H and O–H groups in total. The van der Waals surface area contributed by atoms with Gasteiger partial charge in [-0.05, 0) is 50.0 Å². The summed E-state index contributed by atoms with van der Waals surface area (Å²) >= 11 is 0. The van der Waals surface area contributed by atoms with Crippen LogP contribution in [0.15, 0.2) is 24.3 Å². The van der Waals surface area contributed by atoms with Gasteiger partial charge in [0.15, 0.2) is 6.29 Å². The van der Waals surface area contributed by atoms with Crippen LogP contribution in [0.4, 0.5) is 0 Å². The smallest absolute Gasteiger partial charge is 0.183 e. The molecule has 1 aromatic rings. The third kappa shape index (κ3) is 5.37. The molecule has 1 heterocycles. The van der Waals surface area contributed by atoms with Crippen molar-refractivity contribution in [2.24, 2.45) is 11.3 Å². The van der Waals surface area contributed by atoms with Gasteiger partial charge in [0.05, 0.1) is 24.7 Å². The summed E-state index contributed by atoms with van der Waals surface area (Å²) in [6.07, 6.45) is 11.3. The van der Waals surface area contributed by atoms with E-state index in [2.05, 4.69) is 44.2 Å². The van der Waals surface area contributed by atoms with Crippen molar-refractivity contribution in [1.29, 1.82) is 5.26 Å². The monoisotopic (exact) mass is 383 g/mol. The molecule has 1 saturated carbocycles. The third-order valence-corrected chi connectivity index (χ3v) is 6.78. The van der Waals surface area contributed by atoms with Crippen molar-refractivity contribution >= 4 is 0 Å². The van der Waals surface area contributed by atoms with Gasteiger partial charge < -0.3 is 9.47 Å². The Balaban J connectivity index is 1.52. The molecule has 1 aliphatic heterocycles. The minimum Gasteiger partial charge on any atom is -0.348 e. The molecule has 28 heavy (non-hydrogen) atoms. The van der Waals surface area contributed by atoms with E-state index in [1.54, 1.807) is 0 Å². The highest BCUT2D eigenvalue weighted by molar-refractivity contribution is 5.27. The fourth-order valence-corrected chi connectivity index (χ4v) is 4.87. The quantitative estimate of drug-likeness (QED) is 0.459. The van der Waals surface area contributed by atoms with Crippen molar-refractivity contribution in [3.8, 4) is 6.07 Å². The maximum absolute atomic E-state index is 9.75. The van der Waals surface area contributed by atoms with Gasteiger partial charge in [-0.25, -0.2) is 0 Å². The molecule has 2 fully saturated rings. The number of nitriles is 1. The molecule has 0 radical (unpaired) electrons. The number of nitrogens with zero attached hydrogens (tertiary/aromatic N) is 1. The Morgan fingerprint density at radius 3 is 2.18 bits per heavy atom. The van der Waals surface area contributed by atoms with E-state index in [1.165, 1.54) is 37.7 Å². The Hall–Kier alpha value is -1.37. The molecule has 3 nitrogen and oxygen atoms in total. The lowest BCUT2D eigenvalue weighted by Gasteiger charge is -2.35. The van der Waals surface area contributed by atoms with Gasteiger partial charge in [-0.15, -0.1) is 0 Å². The number of hydrogen-bond donors (Lipinski definition) is 0. The first kappa shape index (κ1) is 21.3. The number of rotatable bonds is 8. The molecule has 0 bridgehead atoms. The van der Waals surface area contributed by atoms with Crippen LogP contribution in [-0.2, 0) is 9.47 Å². The van der Waals surface area contributed by atoms with Crippen molar-refractivity contribution in [3.63, 3.8) is 0 Å². The second-order valence-corrected chi connectivity index (χ2v) is 8.94. The highest BCUT2D eigenvalue weighted by Crippen LogP contribution is 2.45. The van der Waals surface area contributed by atoms with Gasteiger partial charge in [-0.1, -0.05) is 63.8 Å². The maximum atomic E-state index is 9.75. The summed E-state index contributed by atoms with van der Waals surface area (Å²) in [6.45, 7) is 6.04. The minimum atomic E-state index is -0.210. The van der Waals surface area contributed by atoms with Gasteiger partial charge in [0.25, 0.3) is 0 Å². The zero-order chi connectivity index (χ0) is 19.8. The number of ether oxygens (including phenoxy) is 2. The Labute approximate surface area is 171 Å². The van der Waals surface area contributed by atoms with Crippen LogP contribution in [0.3, 0.4) is 0 Å². The number of benzene rings is 1. The zero-order valence-electron chi connectivity index (χ0n) is 17.8. The standard InChI is InChI=1S/C25H37NO2/c1-3-5-6-14-25(19-26)15-12-22(13-16-25)21-8-10-23(11-9-21)24-27-17-20(7-4-2)18-28-24/h8-11,20,22,24H,3-7,12-18H2,1-2H3. The fourth-order valence-electron chi connectivity index (χ4n) is 4.87. The van der Waals surface area contributed by atoms with Crippen LogP contribution in [0.2, 0.25) is 0 Å². The van der Waals surface area contributed by atoms with Crippen molar-refractivity contribution in [2.75, 3.05) is 13.2 Å². The third-order valence-electron chi connectivity index (χ3n) is 6.78. The summed E-state index contributed by atoms with van der Waals surface area (Å²) in [5.41, 5.74) is 2.47. The first-order chi connectivity index (χ1) is 13.7. The second kappa shape index (κ2) is 10.4. The van der Waals surface area contributed by atoms with Gasteiger partial charge in [0.1, 0.15) is 0 Å². The van der Waals surface area contributed by atoms with Crippen molar-refractivity contribution in [3.05, 3.63) is 35.4 Å². The molecular weight excluding hydrogens is 346 g/mol. The maximum Gasteiger partial charge on any atom is 0.183 e. The van der Waals surface area contributed by atoms with Gasteiger partial charge in [0.2, 0.25) is 0 Å². The number of hydrogen-bond acceptors (Lipinski definition) is 3. The topological polar surface area (TPSA) is 42.2 Å². The minimum absolute atomic E-state index is 0.0651. The predicted octanol–water partition coefficient (Wildman–Crippen LogP) is 6.90. The lowest BCUT2D eigenvalue weighted by atomic mass is 9.67.